The summed E-state index contributed by atoms with van der Waals surface area (Å²) in [5, 5.41) is 0.975. The number of hydrogen-bond acceptors (Lipinski definition) is 6. The number of methoxy groups -OCH3 is 1. The molecule has 0 aliphatic heterocycles. The Balaban J connectivity index is 2.10. The van der Waals surface area contributed by atoms with Gasteiger partial charge in [-0.3, -0.25) is 4.98 Å². The lowest BCUT2D eigenvalue weighted by atomic mass is 10.1. The van der Waals surface area contributed by atoms with Crippen LogP contribution in [0.2, 0.25) is 5.15 Å². The number of nitrogens with two attached hydrogens (primary N) is 2. The summed E-state index contributed by atoms with van der Waals surface area (Å²) in [5.74, 6) is 7.23. The maximum absolute atomic E-state index is 6.36. The molecule has 3 rings (SSSR count). The number of hydrogen-bond donors (Lipinski definition) is 2. The molecule has 0 amide bonds. The third-order valence-corrected chi connectivity index (χ3v) is 4.76. The topological polar surface area (TPSA) is 105 Å². The van der Waals surface area contributed by atoms with Crippen molar-refractivity contribution in [1.82, 2.24) is 19.5 Å². The van der Waals surface area contributed by atoms with Gasteiger partial charge in [0.1, 0.15) is 16.5 Å². The molecular formula is C20H23ClN6O. The molecule has 7 nitrogen and oxygen atoms in total. The predicted octanol–water partition coefficient (Wildman–Crippen LogP) is 2.83. The second-order valence-corrected chi connectivity index (χ2v) is 6.84. The van der Waals surface area contributed by atoms with Crippen molar-refractivity contribution in [2.45, 2.75) is 33.2 Å². The van der Waals surface area contributed by atoms with Crippen LogP contribution in [0.4, 0.5) is 5.95 Å². The van der Waals surface area contributed by atoms with E-state index < -0.39 is 0 Å². The summed E-state index contributed by atoms with van der Waals surface area (Å²) in [6.07, 6.45) is 5.27. The molecule has 28 heavy (non-hydrogen) atoms. The number of ether oxygens (including phenoxy) is 1. The molecule has 0 aromatic carbocycles. The van der Waals surface area contributed by atoms with Crippen molar-refractivity contribution < 1.29 is 4.74 Å². The Morgan fingerprint density at radius 2 is 2.07 bits per heavy atom. The second kappa shape index (κ2) is 8.46. The number of aromatic nitrogens is 4. The summed E-state index contributed by atoms with van der Waals surface area (Å²) in [6, 6.07) is 0. The molecule has 0 unspecified atom stereocenters. The highest BCUT2D eigenvalue weighted by Gasteiger charge is 2.17. The average molecular weight is 399 g/mol. The van der Waals surface area contributed by atoms with Gasteiger partial charge in [-0.2, -0.15) is 4.98 Å². The molecule has 0 spiro atoms. The first kappa shape index (κ1) is 19.9. The van der Waals surface area contributed by atoms with Crippen molar-refractivity contribution in [3.05, 3.63) is 39.9 Å². The van der Waals surface area contributed by atoms with Gasteiger partial charge >= 0.3 is 0 Å². The molecule has 3 heterocycles. The van der Waals surface area contributed by atoms with Crippen LogP contribution >= 0.6 is 11.6 Å². The molecule has 4 N–H and O–H groups in total. The molecule has 0 aliphatic carbocycles. The first-order valence-electron chi connectivity index (χ1n) is 8.96. The molecule has 0 radical (unpaired) electrons. The lowest BCUT2D eigenvalue weighted by molar-refractivity contribution is 0.406. The van der Waals surface area contributed by atoms with E-state index in [0.29, 0.717) is 30.5 Å². The van der Waals surface area contributed by atoms with Crippen molar-refractivity contribution in [3.8, 4) is 17.6 Å². The van der Waals surface area contributed by atoms with Crippen LogP contribution in [0.3, 0.4) is 0 Å². The smallest absolute Gasteiger partial charge is 0.223 e. The van der Waals surface area contributed by atoms with Gasteiger partial charge < -0.3 is 20.8 Å². The van der Waals surface area contributed by atoms with E-state index in [1.54, 1.807) is 13.3 Å². The fourth-order valence-corrected chi connectivity index (χ4v) is 3.39. The van der Waals surface area contributed by atoms with E-state index in [1.807, 2.05) is 24.6 Å². The maximum Gasteiger partial charge on any atom is 0.223 e. The summed E-state index contributed by atoms with van der Waals surface area (Å²) in [6.45, 7) is 5.05. The molecule has 3 aromatic rings. The number of fused-ring (bicyclic) bond motifs is 1. The molecule has 3 aromatic heterocycles. The second-order valence-electron chi connectivity index (χ2n) is 6.48. The Morgan fingerprint density at radius 3 is 2.79 bits per heavy atom. The zero-order chi connectivity index (χ0) is 20.3. The standard InChI is InChI=1S/C20H23ClN6O/c1-12-9-24-15(13(2)17(12)28-3)11-27-10-14(7-5-4-6-8-22)16-18(21)25-20(23)26-19(16)27/h9-10H,4,6,8,11,22H2,1-3H3,(H2,23,25,26). The van der Waals surface area contributed by atoms with Crippen LogP contribution in [-0.4, -0.2) is 33.2 Å². The van der Waals surface area contributed by atoms with Crippen LogP contribution in [0.15, 0.2) is 12.4 Å². The van der Waals surface area contributed by atoms with Gasteiger partial charge in [0.05, 0.1) is 30.3 Å². The Hall–Kier alpha value is -2.82. The fourth-order valence-electron chi connectivity index (χ4n) is 3.11. The predicted molar refractivity (Wildman–Crippen MR) is 111 cm³/mol. The number of nitrogen functional groups attached to an aromatic ring is 1. The Labute approximate surface area is 169 Å². The van der Waals surface area contributed by atoms with Crippen LogP contribution < -0.4 is 16.2 Å². The van der Waals surface area contributed by atoms with Gasteiger partial charge in [0.15, 0.2) is 0 Å². The van der Waals surface area contributed by atoms with Gasteiger partial charge in [-0.25, -0.2) is 4.98 Å². The minimum absolute atomic E-state index is 0.116. The quantitative estimate of drug-likeness (QED) is 0.389. The molecule has 0 saturated carbocycles. The van der Waals surface area contributed by atoms with Crippen LogP contribution in [0.1, 0.15) is 35.2 Å². The molecule has 0 saturated heterocycles. The van der Waals surface area contributed by atoms with Crippen LogP contribution in [0, 0.1) is 25.7 Å². The van der Waals surface area contributed by atoms with Crippen molar-refractivity contribution in [2.75, 3.05) is 19.4 Å². The molecule has 0 bridgehead atoms. The molecule has 0 fully saturated rings. The number of anilines is 1. The van der Waals surface area contributed by atoms with E-state index in [4.69, 9.17) is 27.8 Å². The van der Waals surface area contributed by atoms with Crippen molar-refractivity contribution in [3.63, 3.8) is 0 Å². The third-order valence-electron chi connectivity index (χ3n) is 4.49. The Kier molecular flexibility index (Phi) is 6.02. The van der Waals surface area contributed by atoms with Crippen molar-refractivity contribution >= 4 is 28.6 Å². The maximum atomic E-state index is 6.36. The summed E-state index contributed by atoms with van der Waals surface area (Å²) in [5.41, 5.74) is 15.6. The monoisotopic (exact) mass is 398 g/mol. The van der Waals surface area contributed by atoms with Crippen LogP contribution in [0.25, 0.3) is 11.0 Å². The Morgan fingerprint density at radius 1 is 1.29 bits per heavy atom. The summed E-state index contributed by atoms with van der Waals surface area (Å²) in [7, 11) is 1.66. The number of nitrogens with zero attached hydrogens (tertiary/aromatic N) is 4. The van der Waals surface area contributed by atoms with Gasteiger partial charge in [-0.1, -0.05) is 23.4 Å². The minimum atomic E-state index is 0.116. The number of aryl methyl sites for hydroxylation is 1. The van der Waals surface area contributed by atoms with E-state index in [2.05, 4.69) is 26.8 Å². The minimum Gasteiger partial charge on any atom is -0.496 e. The van der Waals surface area contributed by atoms with Crippen molar-refractivity contribution in [1.29, 1.82) is 0 Å². The number of rotatable bonds is 5. The first-order valence-corrected chi connectivity index (χ1v) is 9.33. The highest BCUT2D eigenvalue weighted by Crippen LogP contribution is 2.29. The highest BCUT2D eigenvalue weighted by molar-refractivity contribution is 6.34. The third kappa shape index (κ3) is 3.88. The molecule has 0 aliphatic rings. The van der Waals surface area contributed by atoms with E-state index in [1.165, 1.54) is 0 Å². The summed E-state index contributed by atoms with van der Waals surface area (Å²) in [4.78, 5) is 13.0. The number of unbranched alkanes of at least 4 members (excludes halogenated alkanes) is 1. The van der Waals surface area contributed by atoms with Gasteiger partial charge in [-0.05, 0) is 26.8 Å². The zero-order valence-corrected chi connectivity index (χ0v) is 17.0. The lowest BCUT2D eigenvalue weighted by Crippen LogP contribution is -2.07. The molecule has 8 heteroatoms. The fraction of sp³-hybridized carbons (Fsp3) is 0.350. The number of halogens is 1. The van der Waals surface area contributed by atoms with Gasteiger partial charge in [0, 0.05) is 29.9 Å². The normalized spacial score (nSPS) is 10.8. The van der Waals surface area contributed by atoms with E-state index in [-0.39, 0.29) is 11.1 Å². The van der Waals surface area contributed by atoms with Crippen LogP contribution in [-0.2, 0) is 6.54 Å². The summed E-state index contributed by atoms with van der Waals surface area (Å²) >= 11 is 6.36. The van der Waals surface area contributed by atoms with Gasteiger partial charge in [0.2, 0.25) is 5.95 Å². The number of pyridine rings is 1. The van der Waals surface area contributed by atoms with E-state index >= 15 is 0 Å². The molecule has 0 atom stereocenters. The average Bonchev–Trinajstić information content (AvgIpc) is 2.99. The van der Waals surface area contributed by atoms with Gasteiger partial charge in [0.25, 0.3) is 0 Å². The SMILES string of the molecule is COc1c(C)cnc(Cn2cc(C#CCCCN)c3c(Cl)nc(N)nc32)c1C. The lowest BCUT2D eigenvalue weighted by Gasteiger charge is -2.13. The largest absolute Gasteiger partial charge is 0.496 e. The highest BCUT2D eigenvalue weighted by atomic mass is 35.5. The van der Waals surface area contributed by atoms with Gasteiger partial charge in [-0.15, -0.1) is 0 Å². The molecule has 146 valence electrons. The Bertz CT molecular complexity index is 1080. The van der Waals surface area contributed by atoms with E-state index in [9.17, 15) is 0 Å². The first-order chi connectivity index (χ1) is 13.5. The zero-order valence-electron chi connectivity index (χ0n) is 16.2. The van der Waals surface area contributed by atoms with E-state index in [0.717, 1.165) is 34.6 Å². The molecular weight excluding hydrogens is 376 g/mol. The van der Waals surface area contributed by atoms with Crippen molar-refractivity contribution in [2.24, 2.45) is 5.73 Å². The van der Waals surface area contributed by atoms with Crippen LogP contribution in [0.5, 0.6) is 5.75 Å². The summed E-state index contributed by atoms with van der Waals surface area (Å²) < 4.78 is 7.45.